The molecule has 0 radical (unpaired) electrons. The topological polar surface area (TPSA) is 83.6 Å². The van der Waals surface area contributed by atoms with Gasteiger partial charge < -0.3 is 15.9 Å². The van der Waals surface area contributed by atoms with Gasteiger partial charge in [-0.25, -0.2) is 13.2 Å². The van der Waals surface area contributed by atoms with E-state index in [-0.39, 0.29) is 6.07 Å². The summed E-state index contributed by atoms with van der Waals surface area (Å²) in [5.41, 5.74) is 3.77. The molecule has 0 saturated heterocycles. The third-order valence-electron chi connectivity index (χ3n) is 1.93. The van der Waals surface area contributed by atoms with Crippen molar-refractivity contribution in [2.45, 2.75) is 12.2 Å². The van der Waals surface area contributed by atoms with Crippen LogP contribution in [0.4, 0.5) is 13.2 Å². The van der Waals surface area contributed by atoms with Gasteiger partial charge in [0.05, 0.1) is 0 Å². The van der Waals surface area contributed by atoms with Crippen LogP contribution in [0.15, 0.2) is 12.1 Å². The molecular weight excluding hydrogens is 227 g/mol. The van der Waals surface area contributed by atoms with Gasteiger partial charge in [-0.3, -0.25) is 4.79 Å². The largest absolute Gasteiger partial charge is 0.385 e. The van der Waals surface area contributed by atoms with Crippen LogP contribution in [0.5, 0.6) is 0 Å². The second-order valence-electron chi connectivity index (χ2n) is 3.08. The van der Waals surface area contributed by atoms with Crippen molar-refractivity contribution in [1.82, 2.24) is 0 Å². The van der Waals surface area contributed by atoms with E-state index in [0.717, 1.165) is 0 Å². The van der Waals surface area contributed by atoms with Crippen LogP contribution in [-0.2, 0) is 4.79 Å². The lowest BCUT2D eigenvalue weighted by atomic mass is 10.0. The van der Waals surface area contributed by atoms with E-state index < -0.39 is 41.1 Å². The van der Waals surface area contributed by atoms with E-state index in [0.29, 0.717) is 6.07 Å². The van der Waals surface area contributed by atoms with Crippen molar-refractivity contribution < 1.29 is 28.2 Å². The smallest absolute Gasteiger partial charge is 0.249 e. The summed E-state index contributed by atoms with van der Waals surface area (Å²) in [5, 5.41) is 18.3. The zero-order chi connectivity index (χ0) is 12.5. The number of aliphatic hydroxyl groups is 2. The fourth-order valence-electron chi connectivity index (χ4n) is 1.12. The van der Waals surface area contributed by atoms with E-state index >= 15 is 0 Å². The molecule has 4 nitrogen and oxygen atoms in total. The zero-order valence-electron chi connectivity index (χ0n) is 7.82. The number of aliphatic hydroxyl groups excluding tert-OH is 2. The summed E-state index contributed by atoms with van der Waals surface area (Å²) >= 11 is 0. The number of hydrogen-bond acceptors (Lipinski definition) is 3. The summed E-state index contributed by atoms with van der Waals surface area (Å²) in [6.07, 6.45) is -4.27. The highest BCUT2D eigenvalue weighted by molar-refractivity contribution is 5.79. The number of rotatable bonds is 3. The Morgan fingerprint density at radius 1 is 1.25 bits per heavy atom. The van der Waals surface area contributed by atoms with Gasteiger partial charge in [-0.15, -0.1) is 0 Å². The summed E-state index contributed by atoms with van der Waals surface area (Å²) < 4.78 is 38.5. The number of hydrogen-bond donors (Lipinski definition) is 3. The monoisotopic (exact) mass is 235 g/mol. The maximum atomic E-state index is 13.1. The molecule has 1 aromatic carbocycles. The lowest BCUT2D eigenvalue weighted by Gasteiger charge is -2.16. The Bertz CT molecular complexity index is 425. The summed E-state index contributed by atoms with van der Waals surface area (Å²) in [6.45, 7) is 0. The van der Waals surface area contributed by atoms with E-state index in [1.54, 1.807) is 0 Å². The van der Waals surface area contributed by atoms with Crippen molar-refractivity contribution in [1.29, 1.82) is 0 Å². The average molecular weight is 235 g/mol. The SMILES string of the molecule is NC(=O)C(O)C(O)c1cc(F)cc(F)c1F. The summed E-state index contributed by atoms with van der Waals surface area (Å²) in [5.74, 6) is -5.57. The molecule has 16 heavy (non-hydrogen) atoms. The fraction of sp³-hybridized carbons (Fsp3) is 0.222. The second-order valence-corrected chi connectivity index (χ2v) is 3.08. The van der Waals surface area contributed by atoms with Gasteiger partial charge in [-0.1, -0.05) is 0 Å². The number of primary amides is 1. The molecule has 0 spiro atoms. The highest BCUT2D eigenvalue weighted by Crippen LogP contribution is 2.23. The molecule has 2 unspecified atom stereocenters. The predicted molar refractivity (Wildman–Crippen MR) is 46.5 cm³/mol. The Morgan fingerprint density at radius 3 is 2.31 bits per heavy atom. The number of carbonyl (C=O) groups is 1. The molecule has 0 bridgehead atoms. The van der Waals surface area contributed by atoms with Gasteiger partial charge in [0, 0.05) is 11.6 Å². The van der Waals surface area contributed by atoms with Gasteiger partial charge in [0.15, 0.2) is 17.7 Å². The first-order chi connectivity index (χ1) is 7.34. The number of carbonyl (C=O) groups excluding carboxylic acids is 1. The van der Waals surface area contributed by atoms with E-state index in [1.165, 1.54) is 0 Å². The van der Waals surface area contributed by atoms with Gasteiger partial charge in [0.2, 0.25) is 5.91 Å². The quantitative estimate of drug-likeness (QED) is 0.644. The number of amides is 1. The van der Waals surface area contributed by atoms with Gasteiger partial charge in [-0.05, 0) is 6.07 Å². The zero-order valence-corrected chi connectivity index (χ0v) is 7.82. The van der Waals surface area contributed by atoms with Crippen LogP contribution >= 0.6 is 0 Å². The molecule has 0 saturated carbocycles. The van der Waals surface area contributed by atoms with Gasteiger partial charge in [0.1, 0.15) is 11.9 Å². The Labute approximate surface area is 88.1 Å². The molecule has 1 amide bonds. The van der Waals surface area contributed by atoms with Crippen molar-refractivity contribution in [3.63, 3.8) is 0 Å². The molecule has 7 heteroatoms. The Morgan fingerprint density at radius 2 is 1.81 bits per heavy atom. The molecule has 0 aromatic heterocycles. The van der Waals surface area contributed by atoms with Crippen LogP contribution in [0.1, 0.15) is 11.7 Å². The molecule has 0 aliphatic heterocycles. The molecule has 1 rings (SSSR count). The molecule has 0 aliphatic carbocycles. The molecular formula is C9H8F3NO3. The average Bonchev–Trinajstić information content (AvgIpc) is 2.21. The number of nitrogens with two attached hydrogens (primary N) is 1. The summed E-state index contributed by atoms with van der Waals surface area (Å²) in [4.78, 5) is 10.5. The Balaban J connectivity index is 3.17. The van der Waals surface area contributed by atoms with Crippen molar-refractivity contribution in [2.75, 3.05) is 0 Å². The lowest BCUT2D eigenvalue weighted by molar-refractivity contribution is -0.132. The minimum atomic E-state index is -2.14. The molecule has 0 fully saturated rings. The molecule has 0 aliphatic rings. The van der Waals surface area contributed by atoms with E-state index in [9.17, 15) is 23.1 Å². The first-order valence-corrected chi connectivity index (χ1v) is 4.14. The van der Waals surface area contributed by atoms with Crippen molar-refractivity contribution in [3.05, 3.63) is 35.1 Å². The maximum absolute atomic E-state index is 13.1. The van der Waals surface area contributed by atoms with Crippen LogP contribution in [-0.4, -0.2) is 22.2 Å². The molecule has 0 heterocycles. The Kier molecular flexibility index (Phi) is 3.51. The van der Waals surface area contributed by atoms with Crippen LogP contribution in [0.3, 0.4) is 0 Å². The van der Waals surface area contributed by atoms with Crippen LogP contribution < -0.4 is 5.73 Å². The highest BCUT2D eigenvalue weighted by Gasteiger charge is 2.27. The number of benzene rings is 1. The third kappa shape index (κ3) is 2.31. The first-order valence-electron chi connectivity index (χ1n) is 4.14. The van der Waals surface area contributed by atoms with Crippen molar-refractivity contribution >= 4 is 5.91 Å². The first kappa shape index (κ1) is 12.5. The summed E-state index contributed by atoms with van der Waals surface area (Å²) in [6, 6.07) is 0.734. The van der Waals surface area contributed by atoms with Gasteiger partial charge in [-0.2, -0.15) is 0 Å². The highest BCUT2D eigenvalue weighted by atomic mass is 19.2. The maximum Gasteiger partial charge on any atom is 0.249 e. The van der Waals surface area contributed by atoms with Crippen molar-refractivity contribution in [3.8, 4) is 0 Å². The molecule has 4 N–H and O–H groups in total. The fourth-order valence-corrected chi connectivity index (χ4v) is 1.12. The minimum Gasteiger partial charge on any atom is -0.385 e. The predicted octanol–water partition coefficient (Wildman–Crippen LogP) is -0.0165. The lowest BCUT2D eigenvalue weighted by Crippen LogP contribution is -2.34. The second kappa shape index (κ2) is 4.50. The number of halogens is 3. The van der Waals surface area contributed by atoms with Crippen molar-refractivity contribution in [2.24, 2.45) is 5.73 Å². The van der Waals surface area contributed by atoms with E-state index in [2.05, 4.69) is 5.73 Å². The standard InChI is InChI=1S/C9H8F3NO3/c10-3-1-4(6(12)5(11)2-3)7(14)8(15)9(13)16/h1-2,7-8,14-15H,(H2,13,16). The molecule has 2 atom stereocenters. The van der Waals surface area contributed by atoms with Crippen LogP contribution in [0.2, 0.25) is 0 Å². The molecule has 88 valence electrons. The third-order valence-corrected chi connectivity index (χ3v) is 1.93. The van der Waals surface area contributed by atoms with Crippen LogP contribution in [0, 0.1) is 17.5 Å². The van der Waals surface area contributed by atoms with E-state index in [4.69, 9.17) is 5.11 Å². The normalized spacial score (nSPS) is 14.6. The Hall–Kier alpha value is -1.60. The van der Waals surface area contributed by atoms with Crippen LogP contribution in [0.25, 0.3) is 0 Å². The minimum absolute atomic E-state index is 0.266. The summed E-state index contributed by atoms with van der Waals surface area (Å²) in [7, 11) is 0. The van der Waals surface area contributed by atoms with Gasteiger partial charge >= 0.3 is 0 Å². The molecule has 1 aromatic rings. The van der Waals surface area contributed by atoms with E-state index in [1.807, 2.05) is 0 Å². The van der Waals surface area contributed by atoms with Gasteiger partial charge in [0.25, 0.3) is 0 Å².